The van der Waals surface area contributed by atoms with E-state index in [4.69, 9.17) is 9.57 Å². The fraction of sp³-hybridized carbons (Fsp3) is 0.480. The number of rotatable bonds is 4. The molecule has 32 heavy (non-hydrogen) atoms. The van der Waals surface area contributed by atoms with Gasteiger partial charge in [0.1, 0.15) is 6.61 Å². The summed E-state index contributed by atoms with van der Waals surface area (Å²) in [6, 6.07) is 7.55. The van der Waals surface area contributed by atoms with Crippen molar-refractivity contribution in [1.29, 1.82) is 0 Å². The molecule has 0 aliphatic heterocycles. The summed E-state index contributed by atoms with van der Waals surface area (Å²) < 4.78 is 5.43. The van der Waals surface area contributed by atoms with E-state index < -0.39 is 0 Å². The number of fused-ring (bicyclic) bond motifs is 5. The summed E-state index contributed by atoms with van der Waals surface area (Å²) in [4.78, 5) is 9.79. The molecule has 0 bridgehead atoms. The molecular formula is C25H29N3O4. The monoisotopic (exact) mass is 435 g/mol. The molecule has 7 nitrogen and oxygen atoms in total. The smallest absolute Gasteiger partial charge is 0.160 e. The Kier molecular flexibility index (Phi) is 5.27. The second kappa shape index (κ2) is 8.11. The lowest BCUT2D eigenvalue weighted by atomic mass is 9.55. The molecule has 0 unspecified atom stereocenters. The van der Waals surface area contributed by atoms with E-state index in [1.165, 1.54) is 5.56 Å². The Morgan fingerprint density at radius 2 is 2.03 bits per heavy atom. The first-order valence-electron chi connectivity index (χ1n) is 11.3. The van der Waals surface area contributed by atoms with Crippen LogP contribution in [0, 0.1) is 17.3 Å². The second-order valence-electron chi connectivity index (χ2n) is 9.40. The number of oxime groups is 2. The first-order chi connectivity index (χ1) is 15.5. The van der Waals surface area contributed by atoms with Crippen LogP contribution in [0.4, 0.5) is 0 Å². The lowest BCUT2D eigenvalue weighted by Gasteiger charge is -2.48. The molecule has 0 amide bonds. The third-order valence-corrected chi connectivity index (χ3v) is 7.94. The van der Waals surface area contributed by atoms with Crippen molar-refractivity contribution in [3.05, 3.63) is 53.3 Å². The summed E-state index contributed by atoms with van der Waals surface area (Å²) in [5.41, 5.74) is 4.82. The predicted molar refractivity (Wildman–Crippen MR) is 120 cm³/mol. The average Bonchev–Trinajstić information content (AvgIpc) is 3.16. The molecule has 1 aromatic carbocycles. The molecule has 0 radical (unpaired) electrons. The zero-order valence-electron chi connectivity index (χ0n) is 18.5. The Morgan fingerprint density at radius 1 is 1.22 bits per heavy atom. The number of aromatic nitrogens is 1. The van der Waals surface area contributed by atoms with Crippen LogP contribution in [0.3, 0.4) is 0 Å². The molecule has 2 aromatic rings. The van der Waals surface area contributed by atoms with Crippen molar-refractivity contribution in [3.8, 4) is 11.5 Å². The summed E-state index contributed by atoms with van der Waals surface area (Å²) in [5.74, 6) is 1.75. The van der Waals surface area contributed by atoms with E-state index in [9.17, 15) is 10.3 Å². The molecule has 2 saturated carbocycles. The highest BCUT2D eigenvalue weighted by Crippen LogP contribution is 2.60. The van der Waals surface area contributed by atoms with Crippen molar-refractivity contribution >= 4 is 11.4 Å². The van der Waals surface area contributed by atoms with Crippen LogP contribution >= 0.6 is 0 Å². The molecule has 0 spiro atoms. The number of phenolic OH excluding ortho intramolecular Hbond substituents is 1. The number of ether oxygens (including phenoxy) is 1. The number of nitrogens with zero attached hydrogens (tertiary/aromatic N) is 3. The fourth-order valence-corrected chi connectivity index (χ4v) is 6.30. The maximum Gasteiger partial charge on any atom is 0.160 e. The Morgan fingerprint density at radius 3 is 2.78 bits per heavy atom. The lowest BCUT2D eigenvalue weighted by molar-refractivity contribution is 0.103. The van der Waals surface area contributed by atoms with Crippen LogP contribution in [0.25, 0.3) is 0 Å². The number of phenols is 1. The van der Waals surface area contributed by atoms with Crippen LogP contribution in [0.5, 0.6) is 11.5 Å². The number of hydrogen-bond acceptors (Lipinski definition) is 7. The Balaban J connectivity index is 1.52. The standard InChI is InChI=1S/C25H29N3O4/c1-25-8-5-16-17-13-23(31-2)22(29)12-19(17)21(28-32-14-15-6-9-26-10-7-15)11-18(16)20(25)3-4-24(25)27-30/h6-7,9-10,12-13,16,18,20,29-30H,3-5,8,11,14H2,1-2H3/t16-,18-,20+,25+/m1/s1. The van der Waals surface area contributed by atoms with E-state index >= 15 is 0 Å². The van der Waals surface area contributed by atoms with Crippen LogP contribution in [-0.4, -0.2) is 33.8 Å². The van der Waals surface area contributed by atoms with Crippen LogP contribution in [0.1, 0.15) is 61.6 Å². The van der Waals surface area contributed by atoms with Gasteiger partial charge in [0, 0.05) is 23.4 Å². The number of pyridine rings is 1. The number of benzene rings is 1. The minimum Gasteiger partial charge on any atom is -0.504 e. The van der Waals surface area contributed by atoms with Gasteiger partial charge in [-0.1, -0.05) is 17.2 Å². The topological polar surface area (TPSA) is 96.5 Å². The van der Waals surface area contributed by atoms with E-state index in [0.717, 1.165) is 54.7 Å². The van der Waals surface area contributed by atoms with Gasteiger partial charge in [0.05, 0.1) is 18.5 Å². The third kappa shape index (κ3) is 3.31. The van der Waals surface area contributed by atoms with Gasteiger partial charge in [-0.2, -0.15) is 0 Å². The number of hydrogen-bond donors (Lipinski definition) is 2. The predicted octanol–water partition coefficient (Wildman–Crippen LogP) is 4.86. The summed E-state index contributed by atoms with van der Waals surface area (Å²) in [6.07, 6.45) is 8.11. The number of aromatic hydroxyl groups is 1. The molecular weight excluding hydrogens is 406 g/mol. The van der Waals surface area contributed by atoms with Crippen molar-refractivity contribution in [2.24, 2.45) is 27.6 Å². The minimum atomic E-state index is -0.0720. The van der Waals surface area contributed by atoms with E-state index in [2.05, 4.69) is 22.2 Å². The number of methoxy groups -OCH3 is 1. The van der Waals surface area contributed by atoms with E-state index in [1.54, 1.807) is 25.6 Å². The quantitative estimate of drug-likeness (QED) is 0.528. The first kappa shape index (κ1) is 20.8. The Hall–Kier alpha value is -3.09. The van der Waals surface area contributed by atoms with Crippen molar-refractivity contribution in [2.75, 3.05) is 7.11 Å². The van der Waals surface area contributed by atoms with Gasteiger partial charge in [-0.3, -0.25) is 4.98 Å². The van der Waals surface area contributed by atoms with Crippen molar-refractivity contribution in [2.45, 2.75) is 51.6 Å². The van der Waals surface area contributed by atoms with Gasteiger partial charge in [0.25, 0.3) is 0 Å². The van der Waals surface area contributed by atoms with Gasteiger partial charge >= 0.3 is 0 Å². The zero-order valence-corrected chi connectivity index (χ0v) is 18.5. The maximum atomic E-state index is 10.5. The summed E-state index contributed by atoms with van der Waals surface area (Å²) in [7, 11) is 1.58. The molecule has 7 heteroatoms. The van der Waals surface area contributed by atoms with E-state index in [1.807, 2.05) is 18.2 Å². The fourth-order valence-electron chi connectivity index (χ4n) is 6.30. The molecule has 1 heterocycles. The van der Waals surface area contributed by atoms with Crippen LogP contribution in [0.2, 0.25) is 0 Å². The molecule has 4 atom stereocenters. The zero-order chi connectivity index (χ0) is 22.3. The SMILES string of the molecule is COc1cc2c(cc1O)C(=NOCc1ccncc1)C[C@@H]1[C@@H]2CC[C@]2(C)C(=NO)CC[C@@H]12. The maximum absolute atomic E-state index is 10.5. The third-order valence-electron chi connectivity index (χ3n) is 7.94. The largest absolute Gasteiger partial charge is 0.504 e. The van der Waals surface area contributed by atoms with Crippen LogP contribution in [-0.2, 0) is 11.4 Å². The summed E-state index contributed by atoms with van der Waals surface area (Å²) in [5, 5.41) is 28.3. The minimum absolute atomic E-state index is 0.0720. The normalized spacial score (nSPS) is 31.1. The molecule has 0 saturated heterocycles. The first-order valence-corrected chi connectivity index (χ1v) is 11.3. The Labute approximate surface area is 187 Å². The van der Waals surface area contributed by atoms with Gasteiger partial charge in [-0.05, 0) is 85.3 Å². The molecule has 1 aromatic heterocycles. The second-order valence-corrected chi connectivity index (χ2v) is 9.40. The van der Waals surface area contributed by atoms with Gasteiger partial charge in [0.2, 0.25) is 0 Å². The highest BCUT2D eigenvalue weighted by Gasteiger charge is 2.54. The lowest BCUT2D eigenvalue weighted by Crippen LogP contribution is -2.43. The summed E-state index contributed by atoms with van der Waals surface area (Å²) >= 11 is 0. The highest BCUT2D eigenvalue weighted by molar-refractivity contribution is 6.04. The molecule has 168 valence electrons. The molecule has 3 aliphatic rings. The van der Waals surface area contributed by atoms with Crippen molar-refractivity contribution in [3.63, 3.8) is 0 Å². The Bertz CT molecular complexity index is 1070. The average molecular weight is 436 g/mol. The van der Waals surface area contributed by atoms with Crippen molar-refractivity contribution in [1.82, 2.24) is 4.98 Å². The molecule has 2 N–H and O–H groups in total. The van der Waals surface area contributed by atoms with Gasteiger partial charge in [0.15, 0.2) is 11.5 Å². The van der Waals surface area contributed by atoms with Gasteiger partial charge in [-0.15, -0.1) is 0 Å². The molecule has 5 rings (SSSR count). The molecule has 2 fully saturated rings. The van der Waals surface area contributed by atoms with Gasteiger partial charge in [-0.25, -0.2) is 0 Å². The van der Waals surface area contributed by atoms with Crippen LogP contribution in [0.15, 0.2) is 47.0 Å². The van der Waals surface area contributed by atoms with E-state index in [-0.39, 0.29) is 11.2 Å². The van der Waals surface area contributed by atoms with E-state index in [0.29, 0.717) is 30.1 Å². The van der Waals surface area contributed by atoms with Gasteiger partial charge < -0.3 is 19.9 Å². The van der Waals surface area contributed by atoms with Crippen molar-refractivity contribution < 1.29 is 19.9 Å². The molecule has 3 aliphatic carbocycles. The highest BCUT2D eigenvalue weighted by atomic mass is 16.6. The van der Waals surface area contributed by atoms with Crippen LogP contribution < -0.4 is 4.74 Å². The summed E-state index contributed by atoms with van der Waals surface area (Å²) in [6.45, 7) is 2.61.